The average molecular weight is 294 g/mol. The van der Waals surface area contributed by atoms with Crippen LogP contribution in [-0.4, -0.2) is 31.4 Å². The van der Waals surface area contributed by atoms with E-state index >= 15 is 0 Å². The molecule has 1 heterocycles. The predicted octanol–water partition coefficient (Wildman–Crippen LogP) is 2.11. The monoisotopic (exact) mass is 294 g/mol. The second-order valence-corrected chi connectivity index (χ2v) is 4.42. The first-order valence-electron chi connectivity index (χ1n) is 5.13. The van der Waals surface area contributed by atoms with Gasteiger partial charge in [-0.1, -0.05) is 0 Å². The van der Waals surface area contributed by atoms with Crippen LogP contribution in [0.25, 0.3) is 11.3 Å². The molecule has 0 saturated heterocycles. The fourth-order valence-corrected chi connectivity index (χ4v) is 2.31. The van der Waals surface area contributed by atoms with Crippen LogP contribution in [0.1, 0.15) is 20.0 Å². The zero-order chi connectivity index (χ0) is 14.9. The minimum absolute atomic E-state index is 0.0187. The molecule has 0 saturated carbocycles. The predicted molar refractivity (Wildman–Crippen MR) is 68.1 cm³/mol. The third-order valence-electron chi connectivity index (χ3n) is 2.45. The molecule has 0 bridgehead atoms. The van der Waals surface area contributed by atoms with Gasteiger partial charge in [-0.05, 0) is 23.7 Å². The topological polar surface area (TPSA) is 131 Å². The smallest absolute Gasteiger partial charge is 0.348 e. The van der Waals surface area contributed by atoms with Crippen LogP contribution >= 0.6 is 11.5 Å². The number of carbonyl (C=O) groups is 2. The Hall–Kier alpha value is -2.81. The van der Waals surface area contributed by atoms with Crippen molar-refractivity contribution in [2.24, 2.45) is 0 Å². The van der Waals surface area contributed by atoms with Gasteiger partial charge in [0.05, 0.1) is 10.6 Å². The third kappa shape index (κ3) is 2.34. The second kappa shape index (κ2) is 5.05. The molecule has 0 spiro atoms. The molecule has 0 amide bonds. The van der Waals surface area contributed by atoms with E-state index in [0.717, 1.165) is 0 Å². The number of aromatic nitrogens is 1. The van der Waals surface area contributed by atoms with Gasteiger partial charge in [0.2, 0.25) is 0 Å². The van der Waals surface area contributed by atoms with E-state index < -0.39 is 22.4 Å². The number of carboxylic acids is 2. The minimum atomic E-state index is -1.41. The summed E-state index contributed by atoms with van der Waals surface area (Å²) < 4.78 is 3.81. The van der Waals surface area contributed by atoms with Crippen molar-refractivity contribution in [2.75, 3.05) is 0 Å². The number of hydrogen-bond acceptors (Lipinski definition) is 6. The van der Waals surface area contributed by atoms with Crippen molar-refractivity contribution in [2.45, 2.75) is 0 Å². The molecule has 0 aliphatic heterocycles. The Morgan fingerprint density at radius 3 is 2.20 bits per heavy atom. The van der Waals surface area contributed by atoms with Crippen LogP contribution < -0.4 is 0 Å². The number of non-ortho nitro benzene ring substituents is 1. The standard InChI is InChI=1S/C11H6N2O6S/c14-10(15)7-8(12-20-9(7)11(16)17)5-1-3-6(4-2-5)13(18)19/h1-4H,(H,14,15)(H,16,17). The number of aromatic carboxylic acids is 2. The largest absolute Gasteiger partial charge is 0.478 e. The first-order valence-corrected chi connectivity index (χ1v) is 5.90. The molecule has 1 aromatic carbocycles. The van der Waals surface area contributed by atoms with Gasteiger partial charge in [-0.15, -0.1) is 0 Å². The quantitative estimate of drug-likeness (QED) is 0.652. The van der Waals surface area contributed by atoms with Crippen LogP contribution in [-0.2, 0) is 0 Å². The molecule has 0 aliphatic carbocycles. The van der Waals surface area contributed by atoms with Crippen molar-refractivity contribution in [3.05, 3.63) is 44.8 Å². The Morgan fingerprint density at radius 2 is 1.75 bits per heavy atom. The zero-order valence-corrected chi connectivity index (χ0v) is 10.5. The molecular weight excluding hydrogens is 288 g/mol. The van der Waals surface area contributed by atoms with E-state index in [9.17, 15) is 19.7 Å². The SMILES string of the molecule is O=C(O)c1snc(-c2ccc([N+](=O)[O-])cc2)c1C(=O)O. The highest BCUT2D eigenvalue weighted by molar-refractivity contribution is 7.08. The average Bonchev–Trinajstić information content (AvgIpc) is 2.83. The summed E-state index contributed by atoms with van der Waals surface area (Å²) in [6, 6.07) is 5.04. The lowest BCUT2D eigenvalue weighted by Gasteiger charge is -1.99. The summed E-state index contributed by atoms with van der Waals surface area (Å²) in [6.07, 6.45) is 0. The van der Waals surface area contributed by atoms with Crippen molar-refractivity contribution in [1.29, 1.82) is 0 Å². The van der Waals surface area contributed by atoms with Gasteiger partial charge in [-0.3, -0.25) is 10.1 Å². The van der Waals surface area contributed by atoms with Crippen molar-refractivity contribution in [1.82, 2.24) is 4.37 Å². The van der Waals surface area contributed by atoms with E-state index in [0.29, 0.717) is 17.1 Å². The molecule has 0 fully saturated rings. The maximum absolute atomic E-state index is 11.2. The number of carboxylic acid groups (broad SMARTS) is 2. The molecule has 8 nitrogen and oxygen atoms in total. The lowest BCUT2D eigenvalue weighted by molar-refractivity contribution is -0.384. The molecule has 2 N–H and O–H groups in total. The van der Waals surface area contributed by atoms with E-state index in [2.05, 4.69) is 4.37 Å². The summed E-state index contributed by atoms with van der Waals surface area (Å²) in [4.78, 5) is 31.6. The van der Waals surface area contributed by atoms with Gasteiger partial charge in [0.25, 0.3) is 5.69 Å². The molecule has 1 aromatic heterocycles. The van der Waals surface area contributed by atoms with E-state index in [4.69, 9.17) is 10.2 Å². The number of rotatable bonds is 4. The van der Waals surface area contributed by atoms with Gasteiger partial charge in [0, 0.05) is 17.7 Å². The van der Waals surface area contributed by atoms with Crippen LogP contribution in [0, 0.1) is 10.1 Å². The Morgan fingerprint density at radius 1 is 1.15 bits per heavy atom. The van der Waals surface area contributed by atoms with Crippen LogP contribution in [0.2, 0.25) is 0 Å². The van der Waals surface area contributed by atoms with Crippen LogP contribution in [0.4, 0.5) is 5.69 Å². The van der Waals surface area contributed by atoms with Crippen LogP contribution in [0.3, 0.4) is 0 Å². The van der Waals surface area contributed by atoms with Gasteiger partial charge in [-0.25, -0.2) is 9.59 Å². The molecule has 0 aliphatic rings. The van der Waals surface area contributed by atoms with Gasteiger partial charge in [-0.2, -0.15) is 4.37 Å². The summed E-state index contributed by atoms with van der Waals surface area (Å²) in [5, 5.41) is 28.5. The molecule has 2 rings (SSSR count). The van der Waals surface area contributed by atoms with Gasteiger partial charge in [0.1, 0.15) is 10.4 Å². The lowest BCUT2D eigenvalue weighted by Crippen LogP contribution is -2.05. The molecule has 0 radical (unpaired) electrons. The third-order valence-corrected chi connectivity index (χ3v) is 3.29. The fraction of sp³-hybridized carbons (Fsp3) is 0. The van der Waals surface area contributed by atoms with E-state index in [1.54, 1.807) is 0 Å². The van der Waals surface area contributed by atoms with E-state index in [1.165, 1.54) is 24.3 Å². The van der Waals surface area contributed by atoms with E-state index in [-0.39, 0.29) is 16.3 Å². The molecule has 20 heavy (non-hydrogen) atoms. The lowest BCUT2D eigenvalue weighted by atomic mass is 10.1. The Labute approximate surface area is 115 Å². The normalized spacial score (nSPS) is 10.2. The highest BCUT2D eigenvalue weighted by Crippen LogP contribution is 2.29. The minimum Gasteiger partial charge on any atom is -0.478 e. The molecule has 2 aromatic rings. The van der Waals surface area contributed by atoms with Gasteiger partial charge < -0.3 is 10.2 Å². The first-order chi connectivity index (χ1) is 9.41. The van der Waals surface area contributed by atoms with Crippen molar-refractivity contribution >= 4 is 29.2 Å². The molecule has 0 atom stereocenters. The first kappa shape index (κ1) is 13.6. The summed E-state index contributed by atoms with van der Waals surface area (Å²) in [6.45, 7) is 0. The van der Waals surface area contributed by atoms with Gasteiger partial charge in [0.15, 0.2) is 0 Å². The summed E-state index contributed by atoms with van der Waals surface area (Å²) >= 11 is 0.554. The van der Waals surface area contributed by atoms with Crippen molar-refractivity contribution in [3.63, 3.8) is 0 Å². The number of benzene rings is 1. The van der Waals surface area contributed by atoms with Crippen molar-refractivity contribution in [3.8, 4) is 11.3 Å². The number of nitrogens with zero attached hydrogens (tertiary/aromatic N) is 2. The fourth-order valence-electron chi connectivity index (χ4n) is 1.57. The van der Waals surface area contributed by atoms with Crippen LogP contribution in [0.15, 0.2) is 24.3 Å². The Bertz CT molecular complexity index is 706. The van der Waals surface area contributed by atoms with E-state index in [1.807, 2.05) is 0 Å². The maximum Gasteiger partial charge on any atom is 0.348 e. The molecular formula is C11H6N2O6S. The number of nitro benzene ring substituents is 1. The van der Waals surface area contributed by atoms with Crippen molar-refractivity contribution < 1.29 is 24.7 Å². The number of nitro groups is 1. The highest BCUT2D eigenvalue weighted by Gasteiger charge is 2.25. The molecule has 102 valence electrons. The summed E-state index contributed by atoms with van der Waals surface area (Å²) in [5.74, 6) is -2.79. The summed E-state index contributed by atoms with van der Waals surface area (Å²) in [5.41, 5.74) is -0.290. The molecule has 9 heteroatoms. The Kier molecular flexibility index (Phi) is 3.44. The van der Waals surface area contributed by atoms with Crippen LogP contribution in [0.5, 0.6) is 0 Å². The highest BCUT2D eigenvalue weighted by atomic mass is 32.1. The maximum atomic E-state index is 11.2. The molecule has 0 unspecified atom stereocenters. The zero-order valence-electron chi connectivity index (χ0n) is 9.64. The Balaban J connectivity index is 2.55. The second-order valence-electron chi connectivity index (χ2n) is 3.65. The summed E-state index contributed by atoms with van der Waals surface area (Å²) in [7, 11) is 0. The van der Waals surface area contributed by atoms with Gasteiger partial charge >= 0.3 is 11.9 Å². The number of hydrogen-bond donors (Lipinski definition) is 2.